The molecule has 10 heteroatoms. The van der Waals surface area contributed by atoms with E-state index in [0.29, 0.717) is 5.70 Å². The number of ether oxygens (including phenoxy) is 2. The van der Waals surface area contributed by atoms with E-state index in [-0.39, 0.29) is 47.9 Å². The van der Waals surface area contributed by atoms with E-state index < -0.39 is 47.1 Å². The molecule has 1 aliphatic heterocycles. The molecule has 0 unspecified atom stereocenters. The van der Waals surface area contributed by atoms with Crippen molar-refractivity contribution < 1.29 is 32.6 Å². The first-order valence-corrected chi connectivity index (χ1v) is 14.1. The summed E-state index contributed by atoms with van der Waals surface area (Å²) in [6.07, 6.45) is 0.114. The molecule has 5 rings (SSSR count). The topological polar surface area (TPSA) is 98.9 Å². The Morgan fingerprint density at radius 3 is 2.44 bits per heavy atom. The number of nitrogens with zero attached hydrogens (tertiary/aromatic N) is 1. The molecule has 0 saturated heterocycles. The molecule has 2 aromatic carbocycles. The smallest absolute Gasteiger partial charge is 0.338 e. The maximum atomic E-state index is 15.5. The third-order valence-electron chi connectivity index (χ3n) is 7.27. The van der Waals surface area contributed by atoms with Crippen molar-refractivity contribution in [1.82, 2.24) is 0 Å². The first kappa shape index (κ1) is 28.2. The van der Waals surface area contributed by atoms with Crippen LogP contribution in [0.4, 0.5) is 14.5 Å². The Morgan fingerprint density at radius 1 is 1.02 bits per heavy atom. The maximum Gasteiger partial charge on any atom is 0.338 e. The van der Waals surface area contributed by atoms with E-state index in [0.717, 1.165) is 4.88 Å². The van der Waals surface area contributed by atoms with Gasteiger partial charge in [0, 0.05) is 27.6 Å². The second kappa shape index (κ2) is 11.7. The molecule has 7 nitrogen and oxygen atoms in total. The van der Waals surface area contributed by atoms with Crippen LogP contribution in [-0.4, -0.2) is 30.9 Å². The lowest BCUT2D eigenvalue weighted by Crippen LogP contribution is -2.46. The monoisotopic (exact) mass is 578 g/mol. The van der Waals surface area contributed by atoms with Crippen LogP contribution in [0.15, 0.2) is 88.7 Å². The number of esters is 2. The highest BCUT2D eigenvalue weighted by Crippen LogP contribution is 2.52. The van der Waals surface area contributed by atoms with Crippen molar-refractivity contribution in [3.05, 3.63) is 111 Å². The minimum Gasteiger partial charge on any atom is -0.465 e. The molecule has 41 heavy (non-hydrogen) atoms. The van der Waals surface area contributed by atoms with E-state index in [9.17, 15) is 18.8 Å². The van der Waals surface area contributed by atoms with Crippen molar-refractivity contribution in [3.63, 3.8) is 0 Å². The minimum absolute atomic E-state index is 0.00861. The number of hydrogen-bond donors (Lipinski definition) is 1. The van der Waals surface area contributed by atoms with Crippen LogP contribution in [0.2, 0.25) is 0 Å². The summed E-state index contributed by atoms with van der Waals surface area (Å²) in [6.45, 7) is 3.30. The number of thiophene rings is 1. The van der Waals surface area contributed by atoms with Gasteiger partial charge >= 0.3 is 11.9 Å². The van der Waals surface area contributed by atoms with Crippen LogP contribution in [0.25, 0.3) is 0 Å². The van der Waals surface area contributed by atoms with Crippen molar-refractivity contribution in [2.75, 3.05) is 18.1 Å². The molecule has 0 radical (unpaired) electrons. The Hall–Kier alpha value is -4.31. The van der Waals surface area contributed by atoms with Gasteiger partial charge in [-0.15, -0.1) is 11.3 Å². The van der Waals surface area contributed by atoms with Crippen molar-refractivity contribution in [2.45, 2.75) is 32.1 Å². The predicted octanol–water partition coefficient (Wildman–Crippen LogP) is 5.55. The fraction of sp³-hybridized carbons (Fsp3) is 0.258. The number of ketones is 1. The first-order chi connectivity index (χ1) is 19.8. The second-order valence-electron chi connectivity index (χ2n) is 9.57. The number of rotatable bonds is 7. The largest absolute Gasteiger partial charge is 0.465 e. The molecule has 2 aliphatic rings. The van der Waals surface area contributed by atoms with Gasteiger partial charge in [0.2, 0.25) is 0 Å². The van der Waals surface area contributed by atoms with Gasteiger partial charge in [0.05, 0.1) is 30.4 Å². The number of Topliss-reactive ketones (excluding diaryl/α,β-unsaturated/α-hetero) is 1. The Morgan fingerprint density at radius 2 is 1.78 bits per heavy atom. The Bertz CT molecular complexity index is 1570. The first-order valence-electron chi connectivity index (χ1n) is 13.2. The summed E-state index contributed by atoms with van der Waals surface area (Å²) in [6, 6.07) is 15.0. The van der Waals surface area contributed by atoms with Crippen LogP contribution >= 0.6 is 11.3 Å². The molecule has 2 N–H and O–H groups in total. The van der Waals surface area contributed by atoms with E-state index in [1.54, 1.807) is 26.0 Å². The van der Waals surface area contributed by atoms with E-state index in [1.165, 1.54) is 52.6 Å². The minimum atomic E-state index is -1.27. The number of nitrogens with two attached hydrogens (primary N) is 1. The molecule has 2 heterocycles. The van der Waals surface area contributed by atoms with Crippen LogP contribution in [0, 0.1) is 17.6 Å². The Balaban J connectivity index is 1.83. The summed E-state index contributed by atoms with van der Waals surface area (Å²) in [7, 11) is 0. The number of anilines is 1. The third-order valence-corrected chi connectivity index (χ3v) is 8.27. The highest BCUT2D eigenvalue weighted by molar-refractivity contribution is 7.10. The van der Waals surface area contributed by atoms with Crippen molar-refractivity contribution in [2.24, 2.45) is 11.7 Å². The number of allylic oxidation sites excluding steroid dienone is 2. The number of carbonyl (C=O) groups excluding carboxylic acids is 3. The molecule has 212 valence electrons. The zero-order chi connectivity index (χ0) is 29.3. The summed E-state index contributed by atoms with van der Waals surface area (Å²) in [4.78, 5) is 43.6. The molecular weight excluding hydrogens is 550 g/mol. The predicted molar refractivity (Wildman–Crippen MR) is 150 cm³/mol. The molecule has 1 aromatic heterocycles. The lowest BCUT2D eigenvalue weighted by Gasteiger charge is -2.43. The number of hydrogen-bond acceptors (Lipinski definition) is 8. The van der Waals surface area contributed by atoms with E-state index >= 15 is 4.39 Å². The zero-order valence-corrected chi connectivity index (χ0v) is 23.3. The third kappa shape index (κ3) is 5.04. The lowest BCUT2D eigenvalue weighted by atomic mass is 9.68. The maximum absolute atomic E-state index is 15.5. The summed E-state index contributed by atoms with van der Waals surface area (Å²) in [5.74, 6) is -6.69. The lowest BCUT2D eigenvalue weighted by molar-refractivity contribution is -0.152. The number of carbonyl (C=O) groups is 3. The quantitative estimate of drug-likeness (QED) is 0.290. The second-order valence-corrected chi connectivity index (χ2v) is 10.5. The van der Waals surface area contributed by atoms with Gasteiger partial charge in [-0.1, -0.05) is 30.3 Å². The fourth-order valence-electron chi connectivity index (χ4n) is 5.64. The van der Waals surface area contributed by atoms with Crippen LogP contribution in [0.3, 0.4) is 0 Å². The van der Waals surface area contributed by atoms with Crippen molar-refractivity contribution in [1.29, 1.82) is 0 Å². The van der Waals surface area contributed by atoms with Gasteiger partial charge in [-0.25, -0.2) is 13.6 Å². The normalized spacial score (nSPS) is 20.6. The molecule has 0 saturated carbocycles. The summed E-state index contributed by atoms with van der Waals surface area (Å²) < 4.78 is 40.6. The standard InChI is InChI=1S/C31H28F2N2O5S/c1-3-39-30(37)25-20(23-13-8-14-41-23)16-22-26(28(25)36)24(19-11-5-6-12-21(19)33)27(31(38)40-4-2)29(34)35(22)18-10-7-9-17(32)15-18/h5-15,20,24-25H,3-4,16,34H2,1-2H3/t20-,24+,25+/m1/s1. The van der Waals surface area contributed by atoms with Crippen LogP contribution in [0.5, 0.6) is 0 Å². The van der Waals surface area contributed by atoms with Crippen LogP contribution < -0.4 is 10.6 Å². The molecule has 3 aromatic rings. The van der Waals surface area contributed by atoms with E-state index in [4.69, 9.17) is 15.2 Å². The number of halogens is 2. The average Bonchev–Trinajstić information content (AvgIpc) is 3.48. The highest BCUT2D eigenvalue weighted by atomic mass is 32.1. The Kier molecular flexibility index (Phi) is 8.03. The van der Waals surface area contributed by atoms with Crippen molar-refractivity contribution in [3.8, 4) is 0 Å². The van der Waals surface area contributed by atoms with Gasteiger partial charge in [0.1, 0.15) is 23.4 Å². The fourth-order valence-corrected chi connectivity index (χ4v) is 6.50. The molecule has 1 aliphatic carbocycles. The van der Waals surface area contributed by atoms with Gasteiger partial charge in [-0.05, 0) is 56.0 Å². The van der Waals surface area contributed by atoms with Gasteiger partial charge < -0.3 is 15.2 Å². The van der Waals surface area contributed by atoms with E-state index in [2.05, 4.69) is 0 Å². The molecule has 0 fully saturated rings. The number of benzene rings is 2. The van der Waals surface area contributed by atoms with Gasteiger partial charge in [-0.2, -0.15) is 0 Å². The molecule has 0 amide bonds. The van der Waals surface area contributed by atoms with Crippen LogP contribution in [-0.2, 0) is 23.9 Å². The Labute approximate surface area is 239 Å². The van der Waals surface area contributed by atoms with Crippen molar-refractivity contribution >= 4 is 34.7 Å². The van der Waals surface area contributed by atoms with Gasteiger partial charge in [0.25, 0.3) is 0 Å². The summed E-state index contributed by atoms with van der Waals surface area (Å²) in [5.41, 5.74) is 7.17. The molecular formula is C31H28F2N2O5S. The molecule has 0 spiro atoms. The average molecular weight is 579 g/mol. The van der Waals surface area contributed by atoms with Gasteiger partial charge in [-0.3, -0.25) is 14.5 Å². The molecule has 3 atom stereocenters. The summed E-state index contributed by atoms with van der Waals surface area (Å²) >= 11 is 1.38. The van der Waals surface area contributed by atoms with Gasteiger partial charge in [0.15, 0.2) is 5.78 Å². The summed E-state index contributed by atoms with van der Waals surface area (Å²) in [5, 5.41) is 1.84. The SMILES string of the molecule is CCOC(=O)C1=C(N)N(c2cccc(F)c2)C2=C(C(=O)[C@@H](C(=O)OCC)[C@@H](c3cccs3)C2)[C@@H]1c1ccccc1F. The molecule has 0 bridgehead atoms. The van der Waals surface area contributed by atoms with E-state index in [1.807, 2.05) is 17.5 Å². The zero-order valence-electron chi connectivity index (χ0n) is 22.4. The van der Waals surface area contributed by atoms with Crippen LogP contribution in [0.1, 0.15) is 42.5 Å². The highest BCUT2D eigenvalue weighted by Gasteiger charge is 2.52.